The topological polar surface area (TPSA) is 67.4 Å². The quantitative estimate of drug-likeness (QED) is 0.887. The molecule has 0 radical (unpaired) electrons. The third kappa shape index (κ3) is 4.66. The van der Waals surface area contributed by atoms with Gasteiger partial charge < -0.3 is 15.4 Å². The Bertz CT molecular complexity index is 482. The van der Waals surface area contributed by atoms with Crippen molar-refractivity contribution in [3.05, 3.63) is 24.3 Å². The fourth-order valence-electron chi connectivity index (χ4n) is 2.32. The number of anilines is 2. The first kappa shape index (κ1) is 14.5. The average molecular weight is 276 g/mol. The first-order chi connectivity index (χ1) is 9.63. The van der Waals surface area contributed by atoms with Crippen LogP contribution in [0.3, 0.4) is 0 Å². The van der Waals surface area contributed by atoms with E-state index in [1.165, 1.54) is 6.92 Å². The number of carbonyl (C=O) groups is 2. The maximum atomic E-state index is 12.0. The van der Waals surface area contributed by atoms with Gasteiger partial charge in [-0.25, -0.2) is 0 Å². The molecule has 2 rings (SSSR count). The Morgan fingerprint density at radius 3 is 2.70 bits per heavy atom. The summed E-state index contributed by atoms with van der Waals surface area (Å²) in [5.41, 5.74) is 1.37. The van der Waals surface area contributed by atoms with Crippen molar-refractivity contribution in [2.24, 2.45) is 5.92 Å². The van der Waals surface area contributed by atoms with E-state index in [-0.39, 0.29) is 11.8 Å². The molecule has 1 fully saturated rings. The van der Waals surface area contributed by atoms with Crippen molar-refractivity contribution in [2.75, 3.05) is 23.8 Å². The lowest BCUT2D eigenvalue weighted by Gasteiger charge is -2.21. The van der Waals surface area contributed by atoms with Crippen molar-refractivity contribution in [1.29, 1.82) is 0 Å². The third-order valence-corrected chi connectivity index (χ3v) is 3.20. The van der Waals surface area contributed by atoms with Crippen molar-refractivity contribution < 1.29 is 14.3 Å². The zero-order valence-corrected chi connectivity index (χ0v) is 11.6. The molecule has 1 aromatic rings. The van der Waals surface area contributed by atoms with Gasteiger partial charge in [-0.05, 0) is 37.0 Å². The summed E-state index contributed by atoms with van der Waals surface area (Å²) in [6.07, 6.45) is 2.54. The second-order valence-corrected chi connectivity index (χ2v) is 5.10. The molecule has 0 spiro atoms. The Balaban J connectivity index is 1.88. The Labute approximate surface area is 118 Å². The molecule has 5 heteroatoms. The summed E-state index contributed by atoms with van der Waals surface area (Å²) in [5, 5.41) is 5.55. The molecule has 2 amide bonds. The Kier molecular flexibility index (Phi) is 5.12. The lowest BCUT2D eigenvalue weighted by atomic mass is 9.98. The molecule has 1 atom stereocenters. The van der Waals surface area contributed by atoms with Crippen molar-refractivity contribution in [3.8, 4) is 0 Å². The molecule has 1 aromatic carbocycles. The largest absolute Gasteiger partial charge is 0.381 e. The number of carbonyl (C=O) groups excluding carboxylic acids is 2. The van der Waals surface area contributed by atoms with Crippen LogP contribution < -0.4 is 10.6 Å². The molecular weight excluding hydrogens is 256 g/mol. The van der Waals surface area contributed by atoms with Crippen LogP contribution in [-0.2, 0) is 14.3 Å². The maximum Gasteiger partial charge on any atom is 0.224 e. The zero-order chi connectivity index (χ0) is 14.4. The number of hydrogen-bond acceptors (Lipinski definition) is 3. The molecule has 1 unspecified atom stereocenters. The van der Waals surface area contributed by atoms with E-state index in [0.717, 1.165) is 19.4 Å². The van der Waals surface area contributed by atoms with Gasteiger partial charge in [0.15, 0.2) is 0 Å². The smallest absolute Gasteiger partial charge is 0.224 e. The molecule has 5 nitrogen and oxygen atoms in total. The van der Waals surface area contributed by atoms with E-state index in [0.29, 0.717) is 30.3 Å². The van der Waals surface area contributed by atoms with Crippen LogP contribution in [-0.4, -0.2) is 25.0 Å². The Morgan fingerprint density at radius 2 is 2.05 bits per heavy atom. The van der Waals surface area contributed by atoms with Gasteiger partial charge in [0.2, 0.25) is 11.8 Å². The minimum atomic E-state index is -0.132. The summed E-state index contributed by atoms with van der Waals surface area (Å²) >= 11 is 0. The van der Waals surface area contributed by atoms with Gasteiger partial charge in [0, 0.05) is 37.9 Å². The van der Waals surface area contributed by atoms with Crippen molar-refractivity contribution in [3.63, 3.8) is 0 Å². The molecule has 1 saturated heterocycles. The van der Waals surface area contributed by atoms with Gasteiger partial charge in [-0.2, -0.15) is 0 Å². The van der Waals surface area contributed by atoms with Crippen LogP contribution in [0, 0.1) is 5.92 Å². The predicted octanol–water partition coefficient (Wildman–Crippen LogP) is 2.40. The summed E-state index contributed by atoms with van der Waals surface area (Å²) < 4.78 is 5.37. The highest BCUT2D eigenvalue weighted by atomic mass is 16.5. The van der Waals surface area contributed by atoms with E-state index in [1.54, 1.807) is 24.3 Å². The fourth-order valence-corrected chi connectivity index (χ4v) is 2.32. The lowest BCUT2D eigenvalue weighted by molar-refractivity contribution is -0.118. The fraction of sp³-hybridized carbons (Fsp3) is 0.467. The van der Waals surface area contributed by atoms with Gasteiger partial charge in [0.05, 0.1) is 0 Å². The molecule has 108 valence electrons. The van der Waals surface area contributed by atoms with Crippen LogP contribution in [0.1, 0.15) is 26.2 Å². The first-order valence-corrected chi connectivity index (χ1v) is 6.89. The summed E-state index contributed by atoms with van der Waals surface area (Å²) in [6.45, 7) is 2.92. The second-order valence-electron chi connectivity index (χ2n) is 5.10. The van der Waals surface area contributed by atoms with E-state index in [4.69, 9.17) is 4.74 Å². The molecule has 1 aliphatic rings. The summed E-state index contributed by atoms with van der Waals surface area (Å²) in [4.78, 5) is 23.0. The molecule has 0 aliphatic carbocycles. The standard InChI is InChI=1S/C15H20N2O3/c1-11(18)16-13-5-2-6-14(9-13)17-15(19)8-12-4-3-7-20-10-12/h2,5-6,9,12H,3-4,7-8,10H2,1H3,(H,16,18)(H,17,19). The maximum absolute atomic E-state index is 12.0. The number of hydrogen-bond donors (Lipinski definition) is 2. The van der Waals surface area contributed by atoms with E-state index in [2.05, 4.69) is 10.6 Å². The minimum absolute atomic E-state index is 0.0134. The predicted molar refractivity (Wildman–Crippen MR) is 77.5 cm³/mol. The van der Waals surface area contributed by atoms with Crippen LogP contribution in [0.25, 0.3) is 0 Å². The van der Waals surface area contributed by atoms with E-state index >= 15 is 0 Å². The summed E-state index contributed by atoms with van der Waals surface area (Å²) in [5.74, 6) is 0.163. The summed E-state index contributed by atoms with van der Waals surface area (Å²) in [6, 6.07) is 7.13. The number of nitrogens with one attached hydrogen (secondary N) is 2. The van der Waals surface area contributed by atoms with Crippen LogP contribution in [0.2, 0.25) is 0 Å². The van der Waals surface area contributed by atoms with Crippen LogP contribution >= 0.6 is 0 Å². The van der Waals surface area contributed by atoms with Crippen LogP contribution in [0.15, 0.2) is 24.3 Å². The molecular formula is C15H20N2O3. The SMILES string of the molecule is CC(=O)Nc1cccc(NC(=O)CC2CCCOC2)c1. The van der Waals surface area contributed by atoms with Gasteiger partial charge in [-0.3, -0.25) is 9.59 Å². The van der Waals surface area contributed by atoms with E-state index in [9.17, 15) is 9.59 Å². The second kappa shape index (κ2) is 7.05. The first-order valence-electron chi connectivity index (χ1n) is 6.89. The highest BCUT2D eigenvalue weighted by Crippen LogP contribution is 2.19. The average Bonchev–Trinajstić information content (AvgIpc) is 2.39. The Hall–Kier alpha value is -1.88. The number of benzene rings is 1. The van der Waals surface area contributed by atoms with Crippen molar-refractivity contribution in [2.45, 2.75) is 26.2 Å². The summed E-state index contributed by atoms with van der Waals surface area (Å²) in [7, 11) is 0. The highest BCUT2D eigenvalue weighted by molar-refractivity contribution is 5.93. The van der Waals surface area contributed by atoms with Crippen LogP contribution in [0.4, 0.5) is 11.4 Å². The zero-order valence-electron chi connectivity index (χ0n) is 11.6. The van der Waals surface area contributed by atoms with Gasteiger partial charge in [-0.15, -0.1) is 0 Å². The van der Waals surface area contributed by atoms with E-state index in [1.807, 2.05) is 0 Å². The molecule has 0 bridgehead atoms. The normalized spacial score (nSPS) is 18.4. The molecule has 0 saturated carbocycles. The molecule has 1 aliphatic heterocycles. The van der Waals surface area contributed by atoms with Gasteiger partial charge >= 0.3 is 0 Å². The Morgan fingerprint density at radius 1 is 1.30 bits per heavy atom. The highest BCUT2D eigenvalue weighted by Gasteiger charge is 2.17. The molecule has 1 heterocycles. The van der Waals surface area contributed by atoms with Crippen molar-refractivity contribution in [1.82, 2.24) is 0 Å². The van der Waals surface area contributed by atoms with Crippen molar-refractivity contribution >= 4 is 23.2 Å². The van der Waals surface area contributed by atoms with Crippen LogP contribution in [0.5, 0.6) is 0 Å². The number of amides is 2. The monoisotopic (exact) mass is 276 g/mol. The molecule has 0 aromatic heterocycles. The number of rotatable bonds is 4. The lowest BCUT2D eigenvalue weighted by Crippen LogP contribution is -2.23. The van der Waals surface area contributed by atoms with Gasteiger partial charge in [-0.1, -0.05) is 6.07 Å². The molecule has 20 heavy (non-hydrogen) atoms. The minimum Gasteiger partial charge on any atom is -0.381 e. The van der Waals surface area contributed by atoms with E-state index < -0.39 is 0 Å². The molecule has 2 N–H and O–H groups in total. The van der Waals surface area contributed by atoms with Gasteiger partial charge in [0.1, 0.15) is 0 Å². The third-order valence-electron chi connectivity index (χ3n) is 3.20. The van der Waals surface area contributed by atoms with Gasteiger partial charge in [0.25, 0.3) is 0 Å². The number of ether oxygens (including phenoxy) is 1.